The van der Waals surface area contributed by atoms with Gasteiger partial charge in [-0.05, 0) is 37.6 Å². The summed E-state index contributed by atoms with van der Waals surface area (Å²) in [4.78, 5) is 24.3. The van der Waals surface area contributed by atoms with Crippen LogP contribution in [0.25, 0.3) is 0 Å². The van der Waals surface area contributed by atoms with Crippen molar-refractivity contribution in [1.29, 1.82) is 0 Å². The third-order valence-electron chi connectivity index (χ3n) is 3.15. The summed E-state index contributed by atoms with van der Waals surface area (Å²) < 4.78 is 5.13. The Kier molecular flexibility index (Phi) is 5.31. The Morgan fingerprint density at radius 2 is 1.73 bits per heavy atom. The number of nitrogens with one attached hydrogen (secondary N) is 1. The summed E-state index contributed by atoms with van der Waals surface area (Å²) in [6.45, 7) is 4.25. The molecule has 114 valence electrons. The van der Waals surface area contributed by atoms with Crippen LogP contribution in [0.4, 0.5) is 5.69 Å². The average molecular weight is 297 g/mol. The maximum absolute atomic E-state index is 12.3. The SMILES string of the molecule is CCCOC(=O)c1ccccc1NC(=O)c1ccc(C)cc1. The summed E-state index contributed by atoms with van der Waals surface area (Å²) in [5.74, 6) is -0.683. The predicted molar refractivity (Wildman–Crippen MR) is 86.1 cm³/mol. The van der Waals surface area contributed by atoms with Gasteiger partial charge in [0.05, 0.1) is 17.9 Å². The predicted octanol–water partition coefficient (Wildman–Crippen LogP) is 3.81. The van der Waals surface area contributed by atoms with Crippen molar-refractivity contribution >= 4 is 17.6 Å². The van der Waals surface area contributed by atoms with E-state index in [1.54, 1.807) is 36.4 Å². The van der Waals surface area contributed by atoms with E-state index in [4.69, 9.17) is 4.74 Å². The van der Waals surface area contributed by atoms with E-state index in [1.807, 2.05) is 26.0 Å². The molecule has 0 spiro atoms. The lowest BCUT2D eigenvalue weighted by Gasteiger charge is -2.10. The number of benzene rings is 2. The summed E-state index contributed by atoms with van der Waals surface area (Å²) in [5, 5.41) is 2.76. The Morgan fingerprint density at radius 1 is 1.05 bits per heavy atom. The molecule has 0 heterocycles. The van der Waals surface area contributed by atoms with Crippen LogP contribution in [-0.2, 0) is 4.74 Å². The van der Waals surface area contributed by atoms with Crippen molar-refractivity contribution in [2.75, 3.05) is 11.9 Å². The fourth-order valence-electron chi connectivity index (χ4n) is 1.94. The number of hydrogen-bond acceptors (Lipinski definition) is 3. The molecule has 2 aromatic rings. The molecule has 4 heteroatoms. The van der Waals surface area contributed by atoms with Crippen LogP contribution in [0, 0.1) is 6.92 Å². The van der Waals surface area contributed by atoms with Crippen LogP contribution in [-0.4, -0.2) is 18.5 Å². The lowest BCUT2D eigenvalue weighted by molar-refractivity contribution is 0.0506. The van der Waals surface area contributed by atoms with E-state index in [0.717, 1.165) is 12.0 Å². The second kappa shape index (κ2) is 7.41. The summed E-state index contributed by atoms with van der Waals surface area (Å²) in [7, 11) is 0. The number of ether oxygens (including phenoxy) is 1. The highest BCUT2D eigenvalue weighted by atomic mass is 16.5. The molecule has 0 unspecified atom stereocenters. The van der Waals surface area contributed by atoms with E-state index < -0.39 is 5.97 Å². The van der Waals surface area contributed by atoms with Crippen LogP contribution < -0.4 is 5.32 Å². The molecule has 0 aliphatic rings. The molecule has 0 radical (unpaired) electrons. The van der Waals surface area contributed by atoms with Crippen LogP contribution in [0.15, 0.2) is 48.5 Å². The maximum atomic E-state index is 12.3. The van der Waals surface area contributed by atoms with Gasteiger partial charge >= 0.3 is 5.97 Å². The highest BCUT2D eigenvalue weighted by Crippen LogP contribution is 2.17. The molecule has 0 aromatic heterocycles. The van der Waals surface area contributed by atoms with E-state index in [0.29, 0.717) is 23.4 Å². The highest BCUT2D eigenvalue weighted by molar-refractivity contribution is 6.08. The van der Waals surface area contributed by atoms with Gasteiger partial charge in [0, 0.05) is 5.56 Å². The Balaban J connectivity index is 2.17. The summed E-state index contributed by atoms with van der Waals surface area (Å²) in [6.07, 6.45) is 0.754. The topological polar surface area (TPSA) is 55.4 Å². The van der Waals surface area contributed by atoms with Crippen LogP contribution in [0.2, 0.25) is 0 Å². The average Bonchev–Trinajstić information content (AvgIpc) is 2.53. The quantitative estimate of drug-likeness (QED) is 0.854. The molecule has 4 nitrogen and oxygen atoms in total. The number of aryl methyl sites for hydroxylation is 1. The van der Waals surface area contributed by atoms with Crippen LogP contribution >= 0.6 is 0 Å². The van der Waals surface area contributed by atoms with Gasteiger partial charge in [-0.1, -0.05) is 36.8 Å². The first-order valence-corrected chi connectivity index (χ1v) is 7.26. The molecule has 0 saturated heterocycles. The number of para-hydroxylation sites is 1. The van der Waals surface area contributed by atoms with Crippen LogP contribution in [0.1, 0.15) is 39.6 Å². The molecule has 0 saturated carbocycles. The number of carbonyl (C=O) groups is 2. The monoisotopic (exact) mass is 297 g/mol. The van der Waals surface area contributed by atoms with Crippen LogP contribution in [0.3, 0.4) is 0 Å². The Morgan fingerprint density at radius 3 is 2.41 bits per heavy atom. The Bertz CT molecular complexity index is 662. The largest absolute Gasteiger partial charge is 0.462 e. The lowest BCUT2D eigenvalue weighted by atomic mass is 10.1. The van der Waals surface area contributed by atoms with Crippen molar-refractivity contribution in [2.45, 2.75) is 20.3 Å². The summed E-state index contributed by atoms with van der Waals surface area (Å²) in [5.41, 5.74) is 2.44. The van der Waals surface area contributed by atoms with Gasteiger partial charge < -0.3 is 10.1 Å². The molecular weight excluding hydrogens is 278 g/mol. The van der Waals surface area contributed by atoms with Crippen molar-refractivity contribution in [3.8, 4) is 0 Å². The molecule has 0 atom stereocenters. The molecule has 2 aromatic carbocycles. The van der Waals surface area contributed by atoms with Crippen molar-refractivity contribution < 1.29 is 14.3 Å². The third-order valence-corrected chi connectivity index (χ3v) is 3.15. The summed E-state index contributed by atoms with van der Waals surface area (Å²) in [6, 6.07) is 14.1. The highest BCUT2D eigenvalue weighted by Gasteiger charge is 2.14. The Hall–Kier alpha value is -2.62. The van der Waals surface area contributed by atoms with Crippen molar-refractivity contribution in [2.24, 2.45) is 0 Å². The van der Waals surface area contributed by atoms with Gasteiger partial charge in [0.1, 0.15) is 0 Å². The first-order valence-electron chi connectivity index (χ1n) is 7.26. The first kappa shape index (κ1) is 15.8. The van der Waals surface area contributed by atoms with Gasteiger partial charge in [-0.2, -0.15) is 0 Å². The minimum Gasteiger partial charge on any atom is -0.462 e. The maximum Gasteiger partial charge on any atom is 0.340 e. The second-order valence-corrected chi connectivity index (χ2v) is 5.00. The van der Waals surface area contributed by atoms with Gasteiger partial charge in [-0.15, -0.1) is 0 Å². The van der Waals surface area contributed by atoms with E-state index in [9.17, 15) is 9.59 Å². The van der Waals surface area contributed by atoms with Gasteiger partial charge in [0.15, 0.2) is 0 Å². The molecule has 1 amide bonds. The minimum absolute atomic E-state index is 0.254. The van der Waals surface area contributed by atoms with Gasteiger partial charge in [0.2, 0.25) is 0 Å². The lowest BCUT2D eigenvalue weighted by Crippen LogP contribution is -2.16. The normalized spacial score (nSPS) is 10.1. The number of anilines is 1. The third kappa shape index (κ3) is 3.95. The van der Waals surface area contributed by atoms with E-state index in [2.05, 4.69) is 5.32 Å². The summed E-state index contributed by atoms with van der Waals surface area (Å²) >= 11 is 0. The number of hydrogen-bond donors (Lipinski definition) is 1. The number of carbonyl (C=O) groups excluding carboxylic acids is 2. The van der Waals surface area contributed by atoms with Crippen molar-refractivity contribution in [1.82, 2.24) is 0 Å². The molecule has 0 fully saturated rings. The second-order valence-electron chi connectivity index (χ2n) is 5.00. The Labute approximate surface area is 130 Å². The number of amides is 1. The van der Waals surface area contributed by atoms with Crippen molar-refractivity contribution in [3.63, 3.8) is 0 Å². The fourth-order valence-corrected chi connectivity index (χ4v) is 1.94. The molecule has 1 N–H and O–H groups in total. The fraction of sp³-hybridized carbons (Fsp3) is 0.222. The molecular formula is C18H19NO3. The number of rotatable bonds is 5. The van der Waals surface area contributed by atoms with E-state index in [-0.39, 0.29) is 5.91 Å². The first-order chi connectivity index (χ1) is 10.6. The zero-order valence-electron chi connectivity index (χ0n) is 12.8. The number of esters is 1. The zero-order chi connectivity index (χ0) is 15.9. The zero-order valence-corrected chi connectivity index (χ0v) is 12.8. The molecule has 0 aliphatic heterocycles. The van der Waals surface area contributed by atoms with Crippen LogP contribution in [0.5, 0.6) is 0 Å². The molecule has 0 aliphatic carbocycles. The van der Waals surface area contributed by atoms with Crippen molar-refractivity contribution in [3.05, 3.63) is 65.2 Å². The van der Waals surface area contributed by atoms with E-state index >= 15 is 0 Å². The van der Waals surface area contributed by atoms with Gasteiger partial charge in [0.25, 0.3) is 5.91 Å². The minimum atomic E-state index is -0.429. The molecule has 22 heavy (non-hydrogen) atoms. The van der Waals surface area contributed by atoms with Gasteiger partial charge in [-0.25, -0.2) is 4.79 Å². The standard InChI is InChI=1S/C18H19NO3/c1-3-12-22-18(21)15-6-4-5-7-16(15)19-17(20)14-10-8-13(2)9-11-14/h4-11H,3,12H2,1-2H3,(H,19,20). The smallest absolute Gasteiger partial charge is 0.340 e. The van der Waals surface area contributed by atoms with E-state index in [1.165, 1.54) is 0 Å². The molecule has 2 rings (SSSR count). The van der Waals surface area contributed by atoms with Gasteiger partial charge in [-0.3, -0.25) is 4.79 Å². The molecule has 0 bridgehead atoms.